The Morgan fingerprint density at radius 1 is 1.18 bits per heavy atom. The summed E-state index contributed by atoms with van der Waals surface area (Å²) in [5.41, 5.74) is 2.57. The number of alkyl halides is 1. The average molecular weight is 486 g/mol. The molecule has 0 spiro atoms. The first-order valence-electron chi connectivity index (χ1n) is 10.9. The summed E-state index contributed by atoms with van der Waals surface area (Å²) >= 11 is 0.520. The van der Waals surface area contributed by atoms with E-state index in [9.17, 15) is 8.94 Å². The van der Waals surface area contributed by atoms with Crippen molar-refractivity contribution in [3.05, 3.63) is 77.1 Å². The molecule has 4 rings (SSSR count). The van der Waals surface area contributed by atoms with E-state index in [1.165, 1.54) is 11.9 Å². The zero-order chi connectivity index (χ0) is 23.4. The minimum absolute atomic E-state index is 0.148. The minimum Gasteiger partial charge on any atom is -0.617 e. The van der Waals surface area contributed by atoms with Crippen molar-refractivity contribution in [2.75, 3.05) is 23.3 Å². The molecule has 0 bridgehead atoms. The number of hydrogen-bond acceptors (Lipinski definition) is 6. The molecule has 2 heterocycles. The van der Waals surface area contributed by atoms with Crippen molar-refractivity contribution in [1.29, 1.82) is 0 Å². The van der Waals surface area contributed by atoms with Crippen LogP contribution in [0.2, 0.25) is 0 Å². The van der Waals surface area contributed by atoms with Crippen LogP contribution in [0, 0.1) is 0 Å². The summed E-state index contributed by atoms with van der Waals surface area (Å²) in [6.07, 6.45) is 6.59. The van der Waals surface area contributed by atoms with Gasteiger partial charge in [-0.25, -0.2) is 14.4 Å². The summed E-state index contributed by atoms with van der Waals surface area (Å²) in [5.74, 6) is 2.11. The fourth-order valence-electron chi connectivity index (χ4n) is 4.00. The number of nitrogens with one attached hydrogen (secondary N) is 1. The topological polar surface area (TPSA) is 70.1 Å². The van der Waals surface area contributed by atoms with Crippen LogP contribution in [0.5, 0.6) is 5.75 Å². The molecule has 3 aromatic rings. The lowest BCUT2D eigenvalue weighted by molar-refractivity contribution is 0.221. The number of benzene rings is 2. The summed E-state index contributed by atoms with van der Waals surface area (Å²) in [5, 5.41) is 0. The van der Waals surface area contributed by atoms with Gasteiger partial charge in [-0.15, -0.1) is 0 Å². The maximum absolute atomic E-state index is 14.7. The average Bonchev–Trinajstić information content (AvgIpc) is 2.81. The SMILES string of the molecule is C[S+]([O-])CCc1cc(C(C)(C)F)ccc1C1CCOc2cc(SNc3ncccn3)ccc21. The van der Waals surface area contributed by atoms with Gasteiger partial charge in [0, 0.05) is 35.2 Å². The number of halogens is 1. The van der Waals surface area contributed by atoms with Crippen LogP contribution in [0.25, 0.3) is 0 Å². The molecule has 1 N–H and O–H groups in total. The maximum Gasteiger partial charge on any atom is 0.233 e. The molecule has 1 aromatic heterocycles. The van der Waals surface area contributed by atoms with E-state index in [2.05, 4.69) is 26.8 Å². The van der Waals surface area contributed by atoms with Gasteiger partial charge in [-0.3, -0.25) is 4.72 Å². The second-order valence-corrected chi connectivity index (χ2v) is 11.0. The van der Waals surface area contributed by atoms with Crippen molar-refractivity contribution < 1.29 is 13.7 Å². The summed E-state index contributed by atoms with van der Waals surface area (Å²) in [6.45, 7) is 3.75. The van der Waals surface area contributed by atoms with E-state index in [0.717, 1.165) is 33.8 Å². The molecule has 0 radical (unpaired) electrons. The molecule has 0 amide bonds. The smallest absolute Gasteiger partial charge is 0.233 e. The zero-order valence-electron chi connectivity index (χ0n) is 19.0. The second kappa shape index (κ2) is 10.3. The van der Waals surface area contributed by atoms with Gasteiger partial charge in [0.2, 0.25) is 5.95 Å². The monoisotopic (exact) mass is 485 g/mol. The molecule has 2 unspecified atom stereocenters. The van der Waals surface area contributed by atoms with Gasteiger partial charge < -0.3 is 9.29 Å². The summed E-state index contributed by atoms with van der Waals surface area (Å²) in [4.78, 5) is 9.35. The highest BCUT2D eigenvalue weighted by Crippen LogP contribution is 2.42. The maximum atomic E-state index is 14.7. The molecule has 0 fully saturated rings. The number of ether oxygens (including phenoxy) is 1. The number of rotatable bonds is 8. The molecule has 2 atom stereocenters. The lowest BCUT2D eigenvalue weighted by Crippen LogP contribution is -2.19. The van der Waals surface area contributed by atoms with Crippen molar-refractivity contribution in [1.82, 2.24) is 9.97 Å². The van der Waals surface area contributed by atoms with Crippen LogP contribution < -0.4 is 9.46 Å². The predicted molar refractivity (Wildman–Crippen MR) is 133 cm³/mol. The van der Waals surface area contributed by atoms with Crippen molar-refractivity contribution in [2.24, 2.45) is 0 Å². The Kier molecular flexibility index (Phi) is 7.46. The Hall–Kier alpha value is -2.29. The van der Waals surface area contributed by atoms with Crippen molar-refractivity contribution in [3.8, 4) is 5.75 Å². The molecule has 1 aliphatic rings. The van der Waals surface area contributed by atoms with Crippen LogP contribution >= 0.6 is 11.9 Å². The fraction of sp³-hybridized carbons (Fsp3) is 0.360. The van der Waals surface area contributed by atoms with Crippen molar-refractivity contribution in [3.63, 3.8) is 0 Å². The zero-order valence-corrected chi connectivity index (χ0v) is 20.6. The largest absolute Gasteiger partial charge is 0.617 e. The molecule has 1 aliphatic heterocycles. The molecule has 174 valence electrons. The molecule has 0 saturated carbocycles. The van der Waals surface area contributed by atoms with E-state index in [0.29, 0.717) is 30.3 Å². The highest BCUT2D eigenvalue weighted by atomic mass is 32.2. The number of aryl methyl sites for hydroxylation is 1. The number of hydrogen-bond donors (Lipinski definition) is 1. The normalized spacial score (nSPS) is 16.6. The number of fused-ring (bicyclic) bond motifs is 1. The van der Waals surface area contributed by atoms with E-state index >= 15 is 0 Å². The quantitative estimate of drug-likeness (QED) is 0.329. The number of nitrogens with zero attached hydrogens (tertiary/aromatic N) is 2. The molecule has 0 saturated heterocycles. The highest BCUT2D eigenvalue weighted by molar-refractivity contribution is 8.00. The molecule has 5 nitrogen and oxygen atoms in total. The van der Waals surface area contributed by atoms with Crippen LogP contribution in [-0.2, 0) is 23.3 Å². The molecular weight excluding hydrogens is 457 g/mol. The van der Waals surface area contributed by atoms with Crippen molar-refractivity contribution >= 4 is 29.1 Å². The van der Waals surface area contributed by atoms with Crippen LogP contribution in [0.3, 0.4) is 0 Å². The molecule has 33 heavy (non-hydrogen) atoms. The lowest BCUT2D eigenvalue weighted by Gasteiger charge is -2.29. The van der Waals surface area contributed by atoms with Gasteiger partial charge in [-0.05, 0) is 67.1 Å². The van der Waals surface area contributed by atoms with Crippen LogP contribution in [0.1, 0.15) is 48.4 Å². The van der Waals surface area contributed by atoms with E-state index in [1.807, 2.05) is 24.3 Å². The Bertz CT molecular complexity index is 1090. The number of anilines is 1. The Balaban J connectivity index is 1.61. The Labute approximate surface area is 201 Å². The van der Waals surface area contributed by atoms with Crippen LogP contribution in [0.4, 0.5) is 10.3 Å². The van der Waals surface area contributed by atoms with E-state index < -0.39 is 16.8 Å². The lowest BCUT2D eigenvalue weighted by atomic mass is 9.82. The second-order valence-electron chi connectivity index (χ2n) is 8.58. The third kappa shape index (κ3) is 5.99. The Morgan fingerprint density at radius 3 is 2.67 bits per heavy atom. The van der Waals surface area contributed by atoms with Gasteiger partial charge in [-0.2, -0.15) is 0 Å². The minimum atomic E-state index is -1.42. The predicted octanol–water partition coefficient (Wildman–Crippen LogP) is 5.64. The third-order valence-electron chi connectivity index (χ3n) is 5.71. The summed E-state index contributed by atoms with van der Waals surface area (Å²) in [7, 11) is 0. The fourth-order valence-corrected chi connectivity index (χ4v) is 5.12. The van der Waals surface area contributed by atoms with E-state index in [-0.39, 0.29) is 5.92 Å². The molecule has 2 aromatic carbocycles. The molecular formula is C25H28FN3O2S2. The van der Waals surface area contributed by atoms with Gasteiger partial charge in [0.1, 0.15) is 17.2 Å². The summed E-state index contributed by atoms with van der Waals surface area (Å²) in [6, 6.07) is 13.8. The van der Waals surface area contributed by atoms with Gasteiger partial charge in [-0.1, -0.05) is 35.4 Å². The molecule has 0 aliphatic carbocycles. The first-order valence-corrected chi connectivity index (χ1v) is 13.4. The Morgan fingerprint density at radius 2 is 1.94 bits per heavy atom. The van der Waals surface area contributed by atoms with Gasteiger partial charge in [0.15, 0.2) is 0 Å². The van der Waals surface area contributed by atoms with Gasteiger partial charge in [0.25, 0.3) is 0 Å². The van der Waals surface area contributed by atoms with Gasteiger partial charge >= 0.3 is 0 Å². The van der Waals surface area contributed by atoms with Gasteiger partial charge in [0.05, 0.1) is 12.9 Å². The van der Waals surface area contributed by atoms with Crippen LogP contribution in [-0.4, -0.2) is 33.1 Å². The first-order chi connectivity index (χ1) is 15.8. The highest BCUT2D eigenvalue weighted by Gasteiger charge is 2.27. The van der Waals surface area contributed by atoms with Crippen LogP contribution in [0.15, 0.2) is 59.8 Å². The first kappa shape index (κ1) is 23.9. The number of aromatic nitrogens is 2. The van der Waals surface area contributed by atoms with E-state index in [4.69, 9.17) is 4.74 Å². The van der Waals surface area contributed by atoms with Crippen molar-refractivity contribution in [2.45, 2.75) is 43.2 Å². The third-order valence-corrected chi connectivity index (χ3v) is 7.27. The standard InChI is InChI=1S/C25H28FN3O2S2/c1-25(2,26)18-5-7-20(17(15-18)10-14-33(3)30)21-9-13-31-23-16-19(6-8-22(21)23)32-29-24-27-11-4-12-28-24/h4-8,11-12,15-16,21H,9-10,13-14H2,1-3H3,(H,27,28,29). The molecule has 8 heteroatoms. The van der Waals surface area contributed by atoms with E-state index in [1.54, 1.807) is 38.6 Å². The summed E-state index contributed by atoms with van der Waals surface area (Å²) < 4.78 is 35.6.